The van der Waals surface area contributed by atoms with Crippen LogP contribution in [0.1, 0.15) is 44.0 Å². The summed E-state index contributed by atoms with van der Waals surface area (Å²) in [5.74, 6) is -0.0920. The van der Waals surface area contributed by atoms with Crippen molar-refractivity contribution < 1.29 is 13.2 Å². The van der Waals surface area contributed by atoms with E-state index in [0.717, 1.165) is 12.8 Å². The van der Waals surface area contributed by atoms with Crippen LogP contribution in [0.15, 0.2) is 29.2 Å². The number of carbonyl (C=O) groups is 1. The minimum atomic E-state index is -3.59. The van der Waals surface area contributed by atoms with Crippen molar-refractivity contribution in [2.24, 2.45) is 5.73 Å². The Morgan fingerprint density at radius 2 is 1.91 bits per heavy atom. The van der Waals surface area contributed by atoms with Gasteiger partial charge in [0.25, 0.3) is 5.91 Å². The summed E-state index contributed by atoms with van der Waals surface area (Å²) in [4.78, 5) is 14.4. The van der Waals surface area contributed by atoms with E-state index in [1.165, 1.54) is 12.1 Å². The lowest BCUT2D eigenvalue weighted by Gasteiger charge is -2.24. The second kappa shape index (κ2) is 6.59. The third-order valence-electron chi connectivity index (χ3n) is 3.76. The predicted octanol–water partition coefficient (Wildman–Crippen LogP) is 1.33. The van der Waals surface area contributed by atoms with E-state index in [4.69, 9.17) is 5.73 Å². The number of benzene rings is 1. The Bertz CT molecular complexity index is 663. The molecule has 2 rings (SSSR count). The van der Waals surface area contributed by atoms with E-state index in [-0.39, 0.29) is 16.8 Å². The molecule has 6 nitrogen and oxygen atoms in total. The highest BCUT2D eigenvalue weighted by atomic mass is 32.2. The molecule has 0 spiro atoms. The molecule has 0 bridgehead atoms. The van der Waals surface area contributed by atoms with E-state index in [1.807, 2.05) is 0 Å². The first-order valence-electron chi connectivity index (χ1n) is 7.79. The molecule has 0 aliphatic carbocycles. The van der Waals surface area contributed by atoms with Crippen molar-refractivity contribution in [1.82, 2.24) is 9.62 Å². The number of carbonyl (C=O) groups excluding carboxylic acids is 1. The third-order valence-corrected chi connectivity index (χ3v) is 5.54. The average molecular weight is 339 g/mol. The largest absolute Gasteiger partial charge is 0.334 e. The number of nitrogens with two attached hydrogens (primary N) is 1. The zero-order valence-electron chi connectivity index (χ0n) is 13.9. The highest BCUT2D eigenvalue weighted by molar-refractivity contribution is 7.89. The molecule has 1 aromatic carbocycles. The Morgan fingerprint density at radius 1 is 1.30 bits per heavy atom. The normalized spacial score (nSPS) is 19.1. The molecule has 23 heavy (non-hydrogen) atoms. The van der Waals surface area contributed by atoms with Crippen molar-refractivity contribution in [3.8, 4) is 0 Å². The van der Waals surface area contributed by atoms with Crippen LogP contribution in [-0.4, -0.2) is 43.9 Å². The van der Waals surface area contributed by atoms with Crippen LogP contribution in [0.5, 0.6) is 0 Å². The van der Waals surface area contributed by atoms with Crippen molar-refractivity contribution >= 4 is 15.9 Å². The average Bonchev–Trinajstić information content (AvgIpc) is 2.92. The second-order valence-electron chi connectivity index (χ2n) is 6.91. The Morgan fingerprint density at radius 3 is 2.43 bits per heavy atom. The first-order valence-corrected chi connectivity index (χ1v) is 9.27. The van der Waals surface area contributed by atoms with Gasteiger partial charge in [0.05, 0.1) is 4.90 Å². The Hall–Kier alpha value is -1.44. The van der Waals surface area contributed by atoms with Crippen molar-refractivity contribution in [2.75, 3.05) is 13.1 Å². The van der Waals surface area contributed by atoms with Gasteiger partial charge in [-0.05, 0) is 57.9 Å². The standard InChI is InChI=1S/C16H25N3O3S/c1-16(2,3)18-23(21,22)14-8-6-12(7-9-14)15(20)19-10-4-5-13(19)11-17/h6-9,13,18H,4-5,10-11,17H2,1-3H3. The van der Waals surface area contributed by atoms with Crippen molar-refractivity contribution in [1.29, 1.82) is 0 Å². The number of sulfonamides is 1. The lowest BCUT2D eigenvalue weighted by molar-refractivity contribution is 0.0741. The first kappa shape index (κ1) is 17.9. The molecule has 1 aromatic rings. The Balaban J connectivity index is 2.18. The topological polar surface area (TPSA) is 92.5 Å². The number of nitrogens with one attached hydrogen (secondary N) is 1. The van der Waals surface area contributed by atoms with Gasteiger partial charge in [0.2, 0.25) is 10.0 Å². The summed E-state index contributed by atoms with van der Waals surface area (Å²) in [5.41, 5.74) is 5.63. The van der Waals surface area contributed by atoms with Crippen LogP contribution in [0.2, 0.25) is 0 Å². The fourth-order valence-electron chi connectivity index (χ4n) is 2.75. The van der Waals surface area contributed by atoms with Crippen molar-refractivity contribution in [3.63, 3.8) is 0 Å². The molecule has 1 amide bonds. The molecule has 3 N–H and O–H groups in total. The lowest BCUT2D eigenvalue weighted by Crippen LogP contribution is -2.40. The summed E-state index contributed by atoms with van der Waals surface area (Å²) >= 11 is 0. The van der Waals surface area contributed by atoms with E-state index in [2.05, 4.69) is 4.72 Å². The molecular weight excluding hydrogens is 314 g/mol. The zero-order chi connectivity index (χ0) is 17.3. The minimum absolute atomic E-state index is 0.0773. The molecule has 1 fully saturated rings. The molecule has 128 valence electrons. The van der Waals surface area contributed by atoms with E-state index >= 15 is 0 Å². The van der Waals surface area contributed by atoms with Gasteiger partial charge in [0, 0.05) is 30.2 Å². The molecule has 0 radical (unpaired) electrons. The Labute approximate surface area is 138 Å². The molecular formula is C16H25N3O3S. The number of hydrogen-bond donors (Lipinski definition) is 2. The van der Waals surface area contributed by atoms with Gasteiger partial charge in [-0.15, -0.1) is 0 Å². The number of hydrogen-bond acceptors (Lipinski definition) is 4. The van der Waals surface area contributed by atoms with E-state index in [1.54, 1.807) is 37.8 Å². The van der Waals surface area contributed by atoms with E-state index in [9.17, 15) is 13.2 Å². The van der Waals surface area contributed by atoms with Crippen LogP contribution < -0.4 is 10.5 Å². The van der Waals surface area contributed by atoms with Crippen LogP contribution in [0, 0.1) is 0 Å². The summed E-state index contributed by atoms with van der Waals surface area (Å²) in [6, 6.07) is 6.13. The highest BCUT2D eigenvalue weighted by Gasteiger charge is 2.28. The van der Waals surface area contributed by atoms with Crippen LogP contribution in [0.25, 0.3) is 0 Å². The summed E-state index contributed by atoms with van der Waals surface area (Å²) < 4.78 is 27.1. The molecule has 7 heteroatoms. The molecule has 1 heterocycles. The maximum Gasteiger partial charge on any atom is 0.254 e. The number of nitrogens with zero attached hydrogens (tertiary/aromatic N) is 1. The maximum absolute atomic E-state index is 12.5. The maximum atomic E-state index is 12.5. The van der Waals surface area contributed by atoms with E-state index in [0.29, 0.717) is 18.7 Å². The summed E-state index contributed by atoms with van der Waals surface area (Å²) in [6.45, 7) is 6.49. The highest BCUT2D eigenvalue weighted by Crippen LogP contribution is 2.20. The molecule has 1 saturated heterocycles. The smallest absolute Gasteiger partial charge is 0.254 e. The minimum Gasteiger partial charge on any atom is -0.334 e. The fraction of sp³-hybridized carbons (Fsp3) is 0.562. The summed E-state index contributed by atoms with van der Waals surface area (Å²) in [5, 5.41) is 0. The van der Waals surface area contributed by atoms with Gasteiger partial charge in [0.15, 0.2) is 0 Å². The van der Waals surface area contributed by atoms with Crippen molar-refractivity contribution in [2.45, 2.75) is 50.1 Å². The van der Waals surface area contributed by atoms with Gasteiger partial charge < -0.3 is 10.6 Å². The van der Waals surface area contributed by atoms with Gasteiger partial charge in [-0.3, -0.25) is 4.79 Å². The van der Waals surface area contributed by atoms with E-state index < -0.39 is 15.6 Å². The van der Waals surface area contributed by atoms with Crippen LogP contribution in [-0.2, 0) is 10.0 Å². The molecule has 0 aromatic heterocycles. The van der Waals surface area contributed by atoms with Gasteiger partial charge >= 0.3 is 0 Å². The van der Waals surface area contributed by atoms with Crippen molar-refractivity contribution in [3.05, 3.63) is 29.8 Å². The van der Waals surface area contributed by atoms with Crippen LogP contribution >= 0.6 is 0 Å². The molecule has 1 aliphatic heterocycles. The second-order valence-corrected chi connectivity index (χ2v) is 8.59. The SMILES string of the molecule is CC(C)(C)NS(=O)(=O)c1ccc(C(=O)N2CCCC2CN)cc1. The molecule has 1 atom stereocenters. The van der Waals surface area contributed by atoms with Crippen LogP contribution in [0.4, 0.5) is 0 Å². The van der Waals surface area contributed by atoms with Gasteiger partial charge in [-0.25, -0.2) is 13.1 Å². The molecule has 1 aliphatic rings. The number of likely N-dealkylation sites (tertiary alicyclic amines) is 1. The monoisotopic (exact) mass is 339 g/mol. The van der Waals surface area contributed by atoms with Gasteiger partial charge in [-0.2, -0.15) is 0 Å². The zero-order valence-corrected chi connectivity index (χ0v) is 14.7. The van der Waals surface area contributed by atoms with Gasteiger partial charge in [-0.1, -0.05) is 0 Å². The van der Waals surface area contributed by atoms with Crippen LogP contribution in [0.3, 0.4) is 0 Å². The lowest BCUT2D eigenvalue weighted by atomic mass is 10.1. The first-order chi connectivity index (χ1) is 10.6. The molecule has 0 saturated carbocycles. The quantitative estimate of drug-likeness (QED) is 0.865. The fourth-order valence-corrected chi connectivity index (χ4v) is 4.17. The Kier molecular flexibility index (Phi) is 5.13. The number of amides is 1. The summed E-state index contributed by atoms with van der Waals surface area (Å²) in [7, 11) is -3.59. The number of rotatable bonds is 4. The molecule has 1 unspecified atom stereocenters. The predicted molar refractivity (Wildman–Crippen MR) is 89.6 cm³/mol. The summed E-state index contributed by atoms with van der Waals surface area (Å²) in [6.07, 6.45) is 1.87. The third kappa shape index (κ3) is 4.31. The van der Waals surface area contributed by atoms with Gasteiger partial charge in [0.1, 0.15) is 0 Å².